The zero-order valence-corrected chi connectivity index (χ0v) is 16.8. The molecule has 3 N–H and O–H groups in total. The second kappa shape index (κ2) is 9.46. The second-order valence-electron chi connectivity index (χ2n) is 6.66. The Balaban J connectivity index is 1.63. The van der Waals surface area contributed by atoms with E-state index in [1.807, 2.05) is 30.3 Å². The van der Waals surface area contributed by atoms with E-state index in [4.69, 9.17) is 22.3 Å². The first-order valence-corrected chi connectivity index (χ1v) is 9.87. The highest BCUT2D eigenvalue weighted by molar-refractivity contribution is 6.33. The number of hydrogen-bond acceptors (Lipinski definition) is 3. The molecule has 1 amide bonds. The van der Waals surface area contributed by atoms with Gasteiger partial charge in [0.15, 0.2) is 5.96 Å². The summed E-state index contributed by atoms with van der Waals surface area (Å²) in [5.41, 5.74) is 7.92. The van der Waals surface area contributed by atoms with Crippen LogP contribution < -0.4 is 16.0 Å². The number of aliphatic imine (C=N–C) groups is 1. The summed E-state index contributed by atoms with van der Waals surface area (Å²) in [4.78, 5) is 20.5. The largest absolute Gasteiger partial charge is 0.367 e. The molecule has 1 fully saturated rings. The van der Waals surface area contributed by atoms with E-state index >= 15 is 0 Å². The van der Waals surface area contributed by atoms with Gasteiger partial charge in [-0.25, -0.2) is 4.99 Å². The van der Waals surface area contributed by atoms with Gasteiger partial charge in [-0.1, -0.05) is 35.9 Å². The maximum Gasteiger partial charge on any atom is 0.248 e. The summed E-state index contributed by atoms with van der Waals surface area (Å²) < 4.78 is 0. The monoisotopic (exact) mass is 399 g/mol. The zero-order chi connectivity index (χ0) is 19.9. The van der Waals surface area contributed by atoms with Gasteiger partial charge in [-0.2, -0.15) is 0 Å². The van der Waals surface area contributed by atoms with Crippen molar-refractivity contribution >= 4 is 29.2 Å². The van der Waals surface area contributed by atoms with Gasteiger partial charge in [0, 0.05) is 38.3 Å². The minimum Gasteiger partial charge on any atom is -0.367 e. The molecule has 3 rings (SSSR count). The number of carbonyl (C=O) groups excluding carboxylic acids is 1. The average molecular weight is 400 g/mol. The van der Waals surface area contributed by atoms with E-state index in [9.17, 15) is 4.79 Å². The van der Waals surface area contributed by atoms with Gasteiger partial charge in [0.05, 0.1) is 17.3 Å². The number of primary amides is 1. The Bertz CT molecular complexity index is 829. The van der Waals surface area contributed by atoms with Crippen molar-refractivity contribution in [3.63, 3.8) is 0 Å². The van der Waals surface area contributed by atoms with Gasteiger partial charge < -0.3 is 20.9 Å². The smallest absolute Gasteiger partial charge is 0.248 e. The Hall–Kier alpha value is -2.73. The number of halogens is 1. The lowest BCUT2D eigenvalue weighted by Gasteiger charge is -2.38. The van der Waals surface area contributed by atoms with E-state index in [0.29, 0.717) is 12.1 Å². The SMILES string of the molecule is CCNC(=NCc1ccc(C(N)=O)cc1)N1CCN(c2ccccc2Cl)CC1. The van der Waals surface area contributed by atoms with E-state index in [2.05, 4.69) is 28.1 Å². The van der Waals surface area contributed by atoms with Crippen molar-refractivity contribution in [2.75, 3.05) is 37.6 Å². The normalized spacial score (nSPS) is 14.9. The molecule has 0 atom stereocenters. The lowest BCUT2D eigenvalue weighted by Crippen LogP contribution is -2.52. The molecule has 0 unspecified atom stereocenters. The van der Waals surface area contributed by atoms with E-state index in [1.165, 1.54) is 0 Å². The van der Waals surface area contributed by atoms with Crippen LogP contribution in [-0.4, -0.2) is 49.5 Å². The molecule has 1 aliphatic rings. The van der Waals surface area contributed by atoms with Gasteiger partial charge in [0.2, 0.25) is 5.91 Å². The molecule has 0 bridgehead atoms. The Morgan fingerprint density at radius 2 is 1.79 bits per heavy atom. The summed E-state index contributed by atoms with van der Waals surface area (Å²) in [7, 11) is 0. The highest BCUT2D eigenvalue weighted by Crippen LogP contribution is 2.26. The molecular weight excluding hydrogens is 374 g/mol. The van der Waals surface area contributed by atoms with Gasteiger partial charge in [-0.15, -0.1) is 0 Å². The lowest BCUT2D eigenvalue weighted by atomic mass is 10.1. The molecule has 7 heteroatoms. The van der Waals surface area contributed by atoms with Gasteiger partial charge in [-0.3, -0.25) is 4.79 Å². The third-order valence-electron chi connectivity index (χ3n) is 4.76. The Labute approximate surface area is 171 Å². The fourth-order valence-corrected chi connectivity index (χ4v) is 3.49. The number of benzene rings is 2. The van der Waals surface area contributed by atoms with Crippen molar-refractivity contribution in [3.8, 4) is 0 Å². The molecule has 2 aromatic carbocycles. The number of carbonyl (C=O) groups is 1. The fraction of sp³-hybridized carbons (Fsp3) is 0.333. The van der Waals surface area contributed by atoms with Crippen LogP contribution in [0.25, 0.3) is 0 Å². The minimum absolute atomic E-state index is 0.417. The molecule has 6 nitrogen and oxygen atoms in total. The molecule has 1 heterocycles. The second-order valence-corrected chi connectivity index (χ2v) is 7.06. The van der Waals surface area contributed by atoms with Gasteiger partial charge in [0.25, 0.3) is 0 Å². The van der Waals surface area contributed by atoms with E-state index in [0.717, 1.165) is 55.0 Å². The highest BCUT2D eigenvalue weighted by atomic mass is 35.5. The molecule has 0 aromatic heterocycles. The van der Waals surface area contributed by atoms with Crippen molar-refractivity contribution in [2.24, 2.45) is 10.7 Å². The maximum absolute atomic E-state index is 11.2. The van der Waals surface area contributed by atoms with E-state index in [1.54, 1.807) is 12.1 Å². The predicted octanol–water partition coefficient (Wildman–Crippen LogP) is 2.73. The number of nitrogens with two attached hydrogens (primary N) is 1. The molecular formula is C21H26ClN5O. The molecule has 0 radical (unpaired) electrons. The number of amides is 1. The van der Waals surface area contributed by atoms with Crippen LogP contribution in [0.15, 0.2) is 53.5 Å². The van der Waals surface area contributed by atoms with Crippen molar-refractivity contribution in [1.29, 1.82) is 0 Å². The summed E-state index contributed by atoms with van der Waals surface area (Å²) >= 11 is 6.33. The standard InChI is InChI=1S/C21H26ClN5O/c1-2-24-21(25-15-16-7-9-17(10-8-16)20(23)28)27-13-11-26(12-14-27)19-6-4-3-5-18(19)22/h3-10H,2,11-15H2,1H3,(H2,23,28)(H,24,25). The molecule has 28 heavy (non-hydrogen) atoms. The van der Waals surface area contributed by atoms with Crippen molar-refractivity contribution in [1.82, 2.24) is 10.2 Å². The molecule has 0 spiro atoms. The van der Waals surface area contributed by atoms with Gasteiger partial charge in [-0.05, 0) is 36.8 Å². The Morgan fingerprint density at radius 1 is 1.11 bits per heavy atom. The van der Waals surface area contributed by atoms with Crippen LogP contribution in [-0.2, 0) is 6.54 Å². The quantitative estimate of drug-likeness (QED) is 0.599. The van der Waals surface area contributed by atoms with Gasteiger partial charge in [0.1, 0.15) is 0 Å². The maximum atomic E-state index is 11.2. The van der Waals surface area contributed by atoms with Crippen LogP contribution in [0.4, 0.5) is 5.69 Å². The highest BCUT2D eigenvalue weighted by Gasteiger charge is 2.21. The van der Waals surface area contributed by atoms with Crippen molar-refractivity contribution in [2.45, 2.75) is 13.5 Å². The number of hydrogen-bond donors (Lipinski definition) is 2. The lowest BCUT2D eigenvalue weighted by molar-refractivity contribution is 0.100. The number of guanidine groups is 1. The van der Waals surface area contributed by atoms with Crippen LogP contribution in [0.1, 0.15) is 22.8 Å². The number of anilines is 1. The molecule has 148 valence electrons. The molecule has 1 aliphatic heterocycles. The summed E-state index contributed by atoms with van der Waals surface area (Å²) in [5.74, 6) is 0.486. The Kier molecular flexibility index (Phi) is 6.76. The van der Waals surface area contributed by atoms with Crippen LogP contribution in [0.3, 0.4) is 0 Å². The predicted molar refractivity (Wildman–Crippen MR) is 115 cm³/mol. The number of nitrogens with zero attached hydrogens (tertiary/aromatic N) is 3. The average Bonchev–Trinajstić information content (AvgIpc) is 2.72. The number of para-hydroxylation sites is 1. The Morgan fingerprint density at radius 3 is 2.39 bits per heavy atom. The van der Waals surface area contributed by atoms with Crippen LogP contribution in [0, 0.1) is 0 Å². The minimum atomic E-state index is -0.417. The molecule has 0 saturated carbocycles. The van der Waals surface area contributed by atoms with Crippen LogP contribution in [0.2, 0.25) is 5.02 Å². The van der Waals surface area contributed by atoms with Crippen molar-refractivity contribution in [3.05, 3.63) is 64.7 Å². The summed E-state index contributed by atoms with van der Waals surface area (Å²) in [6, 6.07) is 15.2. The van der Waals surface area contributed by atoms with Crippen LogP contribution >= 0.6 is 11.6 Å². The molecule has 2 aromatic rings. The third-order valence-corrected chi connectivity index (χ3v) is 5.08. The third kappa shape index (κ3) is 4.95. The fourth-order valence-electron chi connectivity index (χ4n) is 3.23. The van der Waals surface area contributed by atoms with Gasteiger partial charge >= 0.3 is 0 Å². The van der Waals surface area contributed by atoms with Crippen molar-refractivity contribution < 1.29 is 4.79 Å². The first kappa shape index (κ1) is 20.0. The summed E-state index contributed by atoms with van der Waals surface area (Å²) in [6.07, 6.45) is 0. The first-order valence-electron chi connectivity index (χ1n) is 9.50. The first-order chi connectivity index (χ1) is 13.6. The number of nitrogens with one attached hydrogen (secondary N) is 1. The summed E-state index contributed by atoms with van der Waals surface area (Å²) in [6.45, 7) is 6.95. The summed E-state index contributed by atoms with van der Waals surface area (Å²) in [5, 5.41) is 4.16. The topological polar surface area (TPSA) is 74.0 Å². The van der Waals surface area contributed by atoms with Crippen LogP contribution in [0.5, 0.6) is 0 Å². The zero-order valence-electron chi connectivity index (χ0n) is 16.1. The molecule has 0 aliphatic carbocycles. The molecule has 1 saturated heterocycles. The van der Waals surface area contributed by atoms with E-state index in [-0.39, 0.29) is 0 Å². The number of piperazine rings is 1. The van der Waals surface area contributed by atoms with E-state index < -0.39 is 5.91 Å². The number of rotatable bonds is 5.